The Kier molecular flexibility index (Phi) is 4.65. The molecule has 0 aliphatic heterocycles. The highest BCUT2D eigenvalue weighted by molar-refractivity contribution is 6.51. The fraction of sp³-hybridized carbons (Fsp3) is 0. The van der Waals surface area contributed by atoms with Crippen LogP contribution in [-0.4, -0.2) is 5.78 Å². The van der Waals surface area contributed by atoms with Crippen LogP contribution in [0.2, 0.25) is 25.1 Å². The summed E-state index contributed by atoms with van der Waals surface area (Å²) in [5, 5.41) is 0.907. The molecule has 6 heteroatoms. The highest BCUT2D eigenvalue weighted by Gasteiger charge is 2.21. The van der Waals surface area contributed by atoms with Gasteiger partial charge in [0.15, 0.2) is 5.78 Å². The van der Waals surface area contributed by atoms with E-state index in [0.717, 1.165) is 0 Å². The summed E-state index contributed by atoms with van der Waals surface area (Å²) >= 11 is 29.6. The molecular weight excluding hydrogens is 349 g/mol. The predicted octanol–water partition coefficient (Wildman–Crippen LogP) is 6.18. The zero-order valence-corrected chi connectivity index (χ0v) is 13.0. The van der Waals surface area contributed by atoms with Crippen LogP contribution in [0.3, 0.4) is 0 Å². The maximum Gasteiger partial charge on any atom is 0.196 e. The van der Waals surface area contributed by atoms with Crippen LogP contribution in [-0.2, 0) is 0 Å². The van der Waals surface area contributed by atoms with Gasteiger partial charge in [0.2, 0.25) is 0 Å². The molecule has 0 aliphatic rings. The molecule has 2 rings (SSSR count). The minimum Gasteiger partial charge on any atom is -0.288 e. The molecule has 0 heterocycles. The van der Waals surface area contributed by atoms with E-state index < -0.39 is 0 Å². The van der Waals surface area contributed by atoms with E-state index in [1.807, 2.05) is 0 Å². The van der Waals surface area contributed by atoms with Gasteiger partial charge in [-0.15, -0.1) is 0 Å². The van der Waals surface area contributed by atoms with Crippen LogP contribution in [0.25, 0.3) is 0 Å². The van der Waals surface area contributed by atoms with Crippen molar-refractivity contribution < 1.29 is 4.79 Å². The molecule has 0 N–H and O–H groups in total. The van der Waals surface area contributed by atoms with Gasteiger partial charge in [0.05, 0.1) is 25.7 Å². The largest absolute Gasteiger partial charge is 0.288 e. The van der Waals surface area contributed by atoms with Gasteiger partial charge in [0.1, 0.15) is 0 Å². The standard InChI is InChI=1S/C13H5Cl5O/c14-7-3-1-2-6(4-7)13(19)10-8(15)5-9(16)11(17)12(10)18/h1-5H. The first-order valence-corrected chi connectivity index (χ1v) is 6.94. The lowest BCUT2D eigenvalue weighted by molar-refractivity contribution is 0.103. The Morgan fingerprint density at radius 1 is 0.842 bits per heavy atom. The van der Waals surface area contributed by atoms with Gasteiger partial charge < -0.3 is 0 Å². The summed E-state index contributed by atoms with van der Waals surface area (Å²) in [6.07, 6.45) is 0. The monoisotopic (exact) mass is 352 g/mol. The molecular formula is C13H5Cl5O. The van der Waals surface area contributed by atoms with Crippen molar-refractivity contribution in [2.75, 3.05) is 0 Å². The average molecular weight is 354 g/mol. The highest BCUT2D eigenvalue weighted by atomic mass is 35.5. The smallest absolute Gasteiger partial charge is 0.196 e. The van der Waals surface area contributed by atoms with Gasteiger partial charge in [0.25, 0.3) is 0 Å². The Bertz CT molecular complexity index is 666. The highest BCUT2D eigenvalue weighted by Crippen LogP contribution is 2.38. The van der Waals surface area contributed by atoms with Crippen LogP contribution in [0.5, 0.6) is 0 Å². The number of ketones is 1. The molecule has 0 aromatic heterocycles. The second kappa shape index (κ2) is 5.90. The second-order valence-corrected chi connectivity index (χ2v) is 5.69. The number of benzene rings is 2. The molecule has 0 saturated heterocycles. The molecule has 0 radical (unpaired) electrons. The summed E-state index contributed by atoms with van der Waals surface area (Å²) in [6, 6.07) is 7.85. The van der Waals surface area contributed by atoms with E-state index >= 15 is 0 Å². The molecule has 2 aromatic carbocycles. The molecule has 0 spiro atoms. The van der Waals surface area contributed by atoms with Crippen molar-refractivity contribution in [2.45, 2.75) is 0 Å². The van der Waals surface area contributed by atoms with Crippen LogP contribution in [0.4, 0.5) is 0 Å². The number of halogens is 5. The summed E-state index contributed by atoms with van der Waals surface area (Å²) in [7, 11) is 0. The number of carbonyl (C=O) groups excluding carboxylic acids is 1. The Morgan fingerprint density at radius 3 is 2.16 bits per heavy atom. The van der Waals surface area contributed by atoms with Gasteiger partial charge in [-0.3, -0.25) is 4.79 Å². The van der Waals surface area contributed by atoms with Crippen molar-refractivity contribution in [2.24, 2.45) is 0 Å². The summed E-state index contributed by atoms with van der Waals surface area (Å²) in [5.41, 5.74) is 0.481. The molecule has 0 amide bonds. The lowest BCUT2D eigenvalue weighted by Crippen LogP contribution is -2.03. The predicted molar refractivity (Wildman–Crippen MR) is 81.4 cm³/mol. The molecule has 0 aliphatic carbocycles. The fourth-order valence-electron chi connectivity index (χ4n) is 1.55. The van der Waals surface area contributed by atoms with Gasteiger partial charge in [0, 0.05) is 10.6 Å². The Hall–Kier alpha value is -0.440. The van der Waals surface area contributed by atoms with Gasteiger partial charge in [-0.1, -0.05) is 70.1 Å². The van der Waals surface area contributed by atoms with E-state index in [1.54, 1.807) is 18.2 Å². The molecule has 1 nitrogen and oxygen atoms in total. The first kappa shape index (κ1) is 15.0. The number of hydrogen-bond acceptors (Lipinski definition) is 1. The SMILES string of the molecule is O=C(c1cccc(Cl)c1)c1c(Cl)cc(Cl)c(Cl)c1Cl. The van der Waals surface area contributed by atoms with Gasteiger partial charge >= 0.3 is 0 Å². The van der Waals surface area contributed by atoms with Gasteiger partial charge in [-0.25, -0.2) is 0 Å². The summed E-state index contributed by atoms with van der Waals surface area (Å²) < 4.78 is 0. The van der Waals surface area contributed by atoms with E-state index in [1.165, 1.54) is 12.1 Å². The minimum absolute atomic E-state index is 0.0316. The third-order valence-electron chi connectivity index (χ3n) is 2.43. The van der Waals surface area contributed by atoms with Crippen molar-refractivity contribution in [3.8, 4) is 0 Å². The molecule has 2 aromatic rings. The number of hydrogen-bond donors (Lipinski definition) is 0. The van der Waals surface area contributed by atoms with Crippen molar-refractivity contribution in [1.29, 1.82) is 0 Å². The summed E-state index contributed by atoms with van der Waals surface area (Å²) in [5.74, 6) is -0.365. The lowest BCUT2D eigenvalue weighted by atomic mass is 10.0. The molecule has 0 atom stereocenters. The normalized spacial score (nSPS) is 10.6. The maximum atomic E-state index is 12.4. The van der Waals surface area contributed by atoms with Gasteiger partial charge in [-0.2, -0.15) is 0 Å². The van der Waals surface area contributed by atoms with Crippen LogP contribution in [0.15, 0.2) is 30.3 Å². The lowest BCUT2D eigenvalue weighted by Gasteiger charge is -2.09. The Labute approximate surface area is 135 Å². The quantitative estimate of drug-likeness (QED) is 0.357. The van der Waals surface area contributed by atoms with Crippen molar-refractivity contribution in [1.82, 2.24) is 0 Å². The molecule has 0 unspecified atom stereocenters. The van der Waals surface area contributed by atoms with Crippen molar-refractivity contribution >= 4 is 63.8 Å². The summed E-state index contributed by atoms with van der Waals surface area (Å²) in [4.78, 5) is 12.4. The molecule has 98 valence electrons. The van der Waals surface area contributed by atoms with Crippen LogP contribution in [0.1, 0.15) is 15.9 Å². The zero-order valence-electron chi connectivity index (χ0n) is 9.18. The average Bonchev–Trinajstić information content (AvgIpc) is 2.36. The Balaban J connectivity index is 2.60. The van der Waals surface area contributed by atoms with Crippen molar-refractivity contribution in [3.63, 3.8) is 0 Å². The first-order valence-electron chi connectivity index (χ1n) is 5.05. The van der Waals surface area contributed by atoms with E-state index in [-0.39, 0.29) is 31.4 Å². The minimum atomic E-state index is -0.365. The van der Waals surface area contributed by atoms with E-state index in [2.05, 4.69) is 0 Å². The van der Waals surface area contributed by atoms with Crippen molar-refractivity contribution in [3.05, 3.63) is 66.6 Å². The number of carbonyl (C=O) groups is 1. The topological polar surface area (TPSA) is 17.1 Å². The molecule has 0 bridgehead atoms. The summed E-state index contributed by atoms with van der Waals surface area (Å²) in [6.45, 7) is 0. The fourth-order valence-corrected chi connectivity index (χ4v) is 2.82. The van der Waals surface area contributed by atoms with Crippen LogP contribution < -0.4 is 0 Å². The van der Waals surface area contributed by atoms with E-state index in [4.69, 9.17) is 58.0 Å². The molecule has 0 fully saturated rings. The third kappa shape index (κ3) is 3.01. The Morgan fingerprint density at radius 2 is 1.53 bits per heavy atom. The number of rotatable bonds is 2. The van der Waals surface area contributed by atoms with Gasteiger partial charge in [-0.05, 0) is 18.2 Å². The first-order chi connectivity index (χ1) is 8.91. The molecule has 19 heavy (non-hydrogen) atoms. The van der Waals surface area contributed by atoms with E-state index in [9.17, 15) is 4.79 Å². The van der Waals surface area contributed by atoms with E-state index in [0.29, 0.717) is 10.6 Å². The van der Waals surface area contributed by atoms with Crippen LogP contribution in [0, 0.1) is 0 Å². The second-order valence-electron chi connectivity index (χ2n) is 3.68. The molecule has 0 saturated carbocycles. The third-order valence-corrected chi connectivity index (χ3v) is 4.22. The maximum absolute atomic E-state index is 12.4. The van der Waals surface area contributed by atoms with Crippen LogP contribution >= 0.6 is 58.0 Å². The zero-order chi connectivity index (χ0) is 14.2.